The summed E-state index contributed by atoms with van der Waals surface area (Å²) in [5.74, 6) is 0.0230. The maximum absolute atomic E-state index is 11.8. The summed E-state index contributed by atoms with van der Waals surface area (Å²) in [6.45, 7) is 5.31. The molecule has 3 nitrogen and oxygen atoms in total. The molecule has 1 rings (SSSR count). The zero-order valence-corrected chi connectivity index (χ0v) is 11.2. The van der Waals surface area contributed by atoms with Gasteiger partial charge in [-0.05, 0) is 24.6 Å². The van der Waals surface area contributed by atoms with E-state index in [1.807, 2.05) is 6.92 Å². The first kappa shape index (κ1) is 14.0. The van der Waals surface area contributed by atoms with Crippen LogP contribution in [0.3, 0.4) is 0 Å². The van der Waals surface area contributed by atoms with Gasteiger partial charge in [0.15, 0.2) is 5.78 Å². The second kappa shape index (κ2) is 5.52. The Kier molecular flexibility index (Phi) is 4.54. The summed E-state index contributed by atoms with van der Waals surface area (Å²) in [6, 6.07) is 3.30. The summed E-state index contributed by atoms with van der Waals surface area (Å²) < 4.78 is 5.21. The van der Waals surface area contributed by atoms with Crippen LogP contribution in [0.1, 0.15) is 31.1 Å². The molecule has 1 atom stereocenters. The molecule has 0 fully saturated rings. The Morgan fingerprint density at radius 2 is 2.00 bits per heavy atom. The summed E-state index contributed by atoms with van der Waals surface area (Å²) in [4.78, 5) is 11.8. The maximum Gasteiger partial charge on any atom is 0.168 e. The number of halogens is 1. The van der Waals surface area contributed by atoms with Crippen LogP contribution in [0.15, 0.2) is 12.1 Å². The second-order valence-corrected chi connectivity index (χ2v) is 4.74. The molecule has 17 heavy (non-hydrogen) atoms. The van der Waals surface area contributed by atoms with Crippen LogP contribution in [0.25, 0.3) is 0 Å². The average molecular weight is 257 g/mol. The van der Waals surface area contributed by atoms with Gasteiger partial charge in [0.05, 0.1) is 7.11 Å². The number of carbonyl (C=O) groups excluding carboxylic acids is 1. The highest BCUT2D eigenvalue weighted by Crippen LogP contribution is 2.33. The Morgan fingerprint density at radius 3 is 2.47 bits per heavy atom. The van der Waals surface area contributed by atoms with Gasteiger partial charge in [-0.25, -0.2) is 0 Å². The van der Waals surface area contributed by atoms with Crippen molar-refractivity contribution in [3.63, 3.8) is 0 Å². The fourth-order valence-electron chi connectivity index (χ4n) is 1.71. The average Bonchev–Trinajstić information content (AvgIpc) is 2.25. The standard InChI is InChI=1S/C13H17ClO3/c1-7(2)11(15)12(16)10-6-9(14)5-8(3)13(10)17-4/h5-7,12,16H,1-4H3. The second-order valence-electron chi connectivity index (χ2n) is 4.30. The molecule has 1 aromatic carbocycles. The lowest BCUT2D eigenvalue weighted by atomic mass is 9.96. The first-order valence-corrected chi connectivity index (χ1v) is 5.82. The van der Waals surface area contributed by atoms with Crippen molar-refractivity contribution in [1.82, 2.24) is 0 Å². The Hall–Kier alpha value is -1.06. The number of hydrogen-bond acceptors (Lipinski definition) is 3. The number of aliphatic hydroxyl groups excluding tert-OH is 1. The highest BCUT2D eigenvalue weighted by molar-refractivity contribution is 6.30. The SMILES string of the molecule is COc1c(C)cc(Cl)cc1C(O)C(=O)C(C)C. The van der Waals surface area contributed by atoms with Crippen LogP contribution < -0.4 is 4.74 Å². The third-order valence-corrected chi connectivity index (χ3v) is 2.82. The molecular weight excluding hydrogens is 240 g/mol. The largest absolute Gasteiger partial charge is 0.496 e. The van der Waals surface area contributed by atoms with Gasteiger partial charge in [-0.15, -0.1) is 0 Å². The molecule has 0 spiro atoms. The Labute approximate surface area is 106 Å². The van der Waals surface area contributed by atoms with Crippen molar-refractivity contribution in [2.24, 2.45) is 5.92 Å². The minimum Gasteiger partial charge on any atom is -0.496 e. The molecule has 0 aliphatic carbocycles. The summed E-state index contributed by atoms with van der Waals surface area (Å²) in [7, 11) is 1.51. The van der Waals surface area contributed by atoms with E-state index in [-0.39, 0.29) is 11.7 Å². The minimum atomic E-state index is -1.19. The smallest absolute Gasteiger partial charge is 0.168 e. The third kappa shape index (κ3) is 2.99. The van der Waals surface area contributed by atoms with Gasteiger partial charge in [0.25, 0.3) is 0 Å². The summed E-state index contributed by atoms with van der Waals surface area (Å²) in [5.41, 5.74) is 1.22. The number of methoxy groups -OCH3 is 1. The van der Waals surface area contributed by atoms with Gasteiger partial charge in [0, 0.05) is 16.5 Å². The topological polar surface area (TPSA) is 46.5 Å². The number of carbonyl (C=O) groups is 1. The number of Topliss-reactive ketones (excluding diaryl/α,β-unsaturated/α-hetero) is 1. The Balaban J connectivity index is 3.25. The molecule has 0 radical (unpaired) electrons. The van der Waals surface area contributed by atoms with Crippen molar-refractivity contribution in [1.29, 1.82) is 0 Å². The number of ether oxygens (including phenoxy) is 1. The lowest BCUT2D eigenvalue weighted by molar-refractivity contribution is -0.130. The van der Waals surface area contributed by atoms with E-state index in [1.54, 1.807) is 26.0 Å². The van der Waals surface area contributed by atoms with Crippen molar-refractivity contribution in [2.75, 3.05) is 7.11 Å². The van der Waals surface area contributed by atoms with Crippen molar-refractivity contribution in [3.05, 3.63) is 28.3 Å². The molecule has 0 aliphatic rings. The summed E-state index contributed by atoms with van der Waals surface area (Å²) in [5, 5.41) is 10.5. The van der Waals surface area contributed by atoms with E-state index < -0.39 is 6.10 Å². The van der Waals surface area contributed by atoms with Crippen LogP contribution in [0.2, 0.25) is 5.02 Å². The molecule has 0 saturated heterocycles. The van der Waals surface area contributed by atoms with Crippen LogP contribution in [-0.2, 0) is 4.79 Å². The molecule has 0 bridgehead atoms. The molecule has 4 heteroatoms. The number of rotatable bonds is 4. The number of hydrogen-bond donors (Lipinski definition) is 1. The fraction of sp³-hybridized carbons (Fsp3) is 0.462. The van der Waals surface area contributed by atoms with Crippen molar-refractivity contribution in [3.8, 4) is 5.75 Å². The van der Waals surface area contributed by atoms with E-state index in [0.717, 1.165) is 5.56 Å². The Morgan fingerprint density at radius 1 is 1.41 bits per heavy atom. The van der Waals surface area contributed by atoms with Gasteiger partial charge in [-0.2, -0.15) is 0 Å². The predicted octanol–water partition coefficient (Wildman–Crippen LogP) is 2.92. The molecule has 94 valence electrons. The van der Waals surface area contributed by atoms with Crippen LogP contribution in [0.5, 0.6) is 5.75 Å². The van der Waals surface area contributed by atoms with Crippen molar-refractivity contribution in [2.45, 2.75) is 26.9 Å². The molecule has 0 aromatic heterocycles. The van der Waals surface area contributed by atoms with Crippen LogP contribution >= 0.6 is 11.6 Å². The molecule has 1 N–H and O–H groups in total. The van der Waals surface area contributed by atoms with Gasteiger partial charge < -0.3 is 9.84 Å². The molecule has 1 unspecified atom stereocenters. The number of aryl methyl sites for hydroxylation is 1. The zero-order chi connectivity index (χ0) is 13.2. The summed E-state index contributed by atoms with van der Waals surface area (Å²) in [6.07, 6.45) is -1.19. The van der Waals surface area contributed by atoms with E-state index in [9.17, 15) is 9.90 Å². The molecule has 1 aromatic rings. The number of benzene rings is 1. The van der Waals surface area contributed by atoms with E-state index in [1.165, 1.54) is 7.11 Å². The van der Waals surface area contributed by atoms with E-state index in [4.69, 9.17) is 16.3 Å². The van der Waals surface area contributed by atoms with Gasteiger partial charge in [0.2, 0.25) is 0 Å². The molecule has 0 amide bonds. The fourth-order valence-corrected chi connectivity index (χ4v) is 1.99. The molecule has 0 aliphatic heterocycles. The zero-order valence-electron chi connectivity index (χ0n) is 10.5. The molecular formula is C13H17ClO3. The first-order valence-electron chi connectivity index (χ1n) is 5.44. The summed E-state index contributed by atoms with van der Waals surface area (Å²) >= 11 is 5.93. The van der Waals surface area contributed by atoms with Gasteiger partial charge in [0.1, 0.15) is 11.9 Å². The normalized spacial score (nSPS) is 12.6. The van der Waals surface area contributed by atoms with Crippen molar-refractivity contribution >= 4 is 17.4 Å². The van der Waals surface area contributed by atoms with E-state index >= 15 is 0 Å². The maximum atomic E-state index is 11.8. The van der Waals surface area contributed by atoms with Crippen LogP contribution in [0, 0.1) is 12.8 Å². The monoisotopic (exact) mass is 256 g/mol. The van der Waals surface area contributed by atoms with Gasteiger partial charge in [-0.3, -0.25) is 4.79 Å². The Bertz CT molecular complexity index is 427. The van der Waals surface area contributed by atoms with E-state index in [0.29, 0.717) is 16.3 Å². The quantitative estimate of drug-likeness (QED) is 0.901. The predicted molar refractivity (Wildman–Crippen MR) is 67.5 cm³/mol. The van der Waals surface area contributed by atoms with Crippen LogP contribution in [0.4, 0.5) is 0 Å². The van der Waals surface area contributed by atoms with Gasteiger partial charge in [-0.1, -0.05) is 25.4 Å². The molecule has 0 saturated carbocycles. The first-order chi connectivity index (χ1) is 7.88. The third-order valence-electron chi connectivity index (χ3n) is 2.61. The van der Waals surface area contributed by atoms with Gasteiger partial charge >= 0.3 is 0 Å². The lowest BCUT2D eigenvalue weighted by Crippen LogP contribution is -2.18. The minimum absolute atomic E-state index is 0.242. The highest BCUT2D eigenvalue weighted by Gasteiger charge is 2.24. The highest BCUT2D eigenvalue weighted by atomic mass is 35.5. The van der Waals surface area contributed by atoms with E-state index in [2.05, 4.69) is 0 Å². The lowest BCUT2D eigenvalue weighted by Gasteiger charge is -2.17. The number of aliphatic hydroxyl groups is 1. The molecule has 0 heterocycles. The van der Waals surface area contributed by atoms with Crippen molar-refractivity contribution < 1.29 is 14.6 Å². The number of ketones is 1. The van der Waals surface area contributed by atoms with Crippen LogP contribution in [-0.4, -0.2) is 18.0 Å².